The number of phenolic OH excluding ortho intramolecular Hbond substituents is 1. The summed E-state index contributed by atoms with van der Waals surface area (Å²) in [5, 5.41) is 25.0. The van der Waals surface area contributed by atoms with Crippen molar-refractivity contribution in [3.63, 3.8) is 0 Å². The number of non-ortho nitro benzene ring substituents is 1. The molecule has 0 saturated carbocycles. The topological polar surface area (TPSA) is 114 Å². The third-order valence-electron chi connectivity index (χ3n) is 2.93. The van der Waals surface area contributed by atoms with Gasteiger partial charge in [-0.2, -0.15) is 5.10 Å². The summed E-state index contributed by atoms with van der Waals surface area (Å²) < 4.78 is 5.35. The molecule has 1 amide bonds. The first kappa shape index (κ1) is 20.0. The van der Waals surface area contributed by atoms with Crippen LogP contribution in [0.15, 0.2) is 39.9 Å². The fourth-order valence-corrected chi connectivity index (χ4v) is 2.54. The number of carbonyl (C=O) groups is 1. The predicted octanol–water partition coefficient (Wildman–Crippen LogP) is 3.90. The molecule has 0 aliphatic carbocycles. The van der Waals surface area contributed by atoms with Crippen molar-refractivity contribution >= 4 is 56.9 Å². The molecule has 0 spiro atoms. The maximum atomic E-state index is 11.7. The van der Waals surface area contributed by atoms with E-state index in [4.69, 9.17) is 27.9 Å². The molecular weight excluding hydrogens is 453 g/mol. The van der Waals surface area contributed by atoms with Crippen molar-refractivity contribution in [3.05, 3.63) is 60.5 Å². The number of halogens is 3. The molecule has 8 nitrogen and oxygen atoms in total. The lowest BCUT2D eigenvalue weighted by Crippen LogP contribution is -2.24. The number of rotatable bonds is 6. The standard InChI is InChI=1S/C15H10BrCl2N3O5/c16-11-5-10(21(24)25)3-8(15(11)23)6-19-20-14(22)7-26-13-4-9(17)1-2-12(13)18/h1-6,23H,7H2,(H,20,22). The second kappa shape index (κ2) is 8.84. The maximum Gasteiger partial charge on any atom is 0.277 e. The summed E-state index contributed by atoms with van der Waals surface area (Å²) >= 11 is 14.7. The van der Waals surface area contributed by atoms with Gasteiger partial charge in [0.1, 0.15) is 11.5 Å². The van der Waals surface area contributed by atoms with Crippen LogP contribution in [0.2, 0.25) is 10.0 Å². The second-order valence-electron chi connectivity index (χ2n) is 4.78. The molecule has 2 aromatic rings. The van der Waals surface area contributed by atoms with Crippen molar-refractivity contribution in [2.24, 2.45) is 5.10 Å². The van der Waals surface area contributed by atoms with Crippen LogP contribution in [0, 0.1) is 10.1 Å². The summed E-state index contributed by atoms with van der Waals surface area (Å²) in [6.07, 6.45) is 1.07. The van der Waals surface area contributed by atoms with Gasteiger partial charge in [-0.05, 0) is 28.1 Å². The van der Waals surface area contributed by atoms with E-state index >= 15 is 0 Å². The van der Waals surface area contributed by atoms with Crippen LogP contribution in [0.1, 0.15) is 5.56 Å². The van der Waals surface area contributed by atoms with Crippen molar-refractivity contribution in [1.82, 2.24) is 5.43 Å². The molecule has 0 unspecified atom stereocenters. The van der Waals surface area contributed by atoms with Gasteiger partial charge < -0.3 is 9.84 Å². The number of aromatic hydroxyl groups is 1. The minimum Gasteiger partial charge on any atom is -0.506 e. The van der Waals surface area contributed by atoms with Gasteiger partial charge in [0.2, 0.25) is 0 Å². The molecule has 0 heterocycles. The SMILES string of the molecule is O=C(COc1cc(Cl)ccc1Cl)NN=Cc1cc([N+](=O)[O-])cc(Br)c1O. The van der Waals surface area contributed by atoms with E-state index < -0.39 is 10.8 Å². The Morgan fingerprint density at radius 2 is 2.12 bits per heavy atom. The highest BCUT2D eigenvalue weighted by molar-refractivity contribution is 9.10. The zero-order chi connectivity index (χ0) is 19.3. The van der Waals surface area contributed by atoms with Crippen LogP contribution >= 0.6 is 39.1 Å². The summed E-state index contributed by atoms with van der Waals surface area (Å²) in [6, 6.07) is 6.81. The van der Waals surface area contributed by atoms with Crippen molar-refractivity contribution in [3.8, 4) is 11.5 Å². The number of ether oxygens (including phenoxy) is 1. The number of benzene rings is 2. The molecule has 0 atom stereocenters. The van der Waals surface area contributed by atoms with Crippen molar-refractivity contribution in [1.29, 1.82) is 0 Å². The van der Waals surface area contributed by atoms with Gasteiger partial charge in [-0.3, -0.25) is 14.9 Å². The molecule has 136 valence electrons. The quantitative estimate of drug-likeness (QED) is 0.384. The normalized spacial score (nSPS) is 10.7. The van der Waals surface area contributed by atoms with E-state index in [9.17, 15) is 20.0 Å². The van der Waals surface area contributed by atoms with E-state index in [1.807, 2.05) is 0 Å². The van der Waals surface area contributed by atoms with Gasteiger partial charge in [0, 0.05) is 28.8 Å². The van der Waals surface area contributed by atoms with Gasteiger partial charge in [0.05, 0.1) is 20.6 Å². The fourth-order valence-electron chi connectivity index (χ4n) is 1.75. The van der Waals surface area contributed by atoms with E-state index in [1.165, 1.54) is 12.1 Å². The molecule has 11 heteroatoms. The molecule has 26 heavy (non-hydrogen) atoms. The minimum atomic E-state index is -0.622. The van der Waals surface area contributed by atoms with Crippen molar-refractivity contribution in [2.45, 2.75) is 0 Å². The average molecular weight is 463 g/mol. The van der Waals surface area contributed by atoms with Gasteiger partial charge in [-0.1, -0.05) is 23.2 Å². The number of nitro benzene ring substituents is 1. The third kappa shape index (κ3) is 5.32. The highest BCUT2D eigenvalue weighted by atomic mass is 79.9. The Kier molecular flexibility index (Phi) is 6.78. The molecule has 2 N–H and O–H groups in total. The molecular formula is C15H10BrCl2N3O5. The van der Waals surface area contributed by atoms with Gasteiger partial charge in [-0.25, -0.2) is 5.43 Å². The van der Waals surface area contributed by atoms with Crippen LogP contribution in [0.4, 0.5) is 5.69 Å². The predicted molar refractivity (Wildman–Crippen MR) is 100 cm³/mol. The zero-order valence-corrected chi connectivity index (χ0v) is 15.9. The largest absolute Gasteiger partial charge is 0.506 e. The number of hydrogen-bond donors (Lipinski definition) is 2. The fraction of sp³-hybridized carbons (Fsp3) is 0.0667. The van der Waals surface area contributed by atoms with Crippen molar-refractivity contribution in [2.75, 3.05) is 6.61 Å². The first-order chi connectivity index (χ1) is 12.3. The molecule has 2 rings (SSSR count). The zero-order valence-electron chi connectivity index (χ0n) is 12.8. The van der Waals surface area contributed by atoms with Gasteiger partial charge in [0.15, 0.2) is 6.61 Å². The summed E-state index contributed by atoms with van der Waals surface area (Å²) in [5.41, 5.74) is 1.96. The molecule has 0 radical (unpaired) electrons. The lowest BCUT2D eigenvalue weighted by Gasteiger charge is -2.07. The second-order valence-corrected chi connectivity index (χ2v) is 6.48. The Labute approximate surface area is 165 Å². The number of carbonyl (C=O) groups excluding carboxylic acids is 1. The summed E-state index contributed by atoms with van der Waals surface area (Å²) in [4.78, 5) is 21.9. The molecule has 2 aromatic carbocycles. The van der Waals surface area contributed by atoms with E-state index in [1.54, 1.807) is 6.07 Å². The van der Waals surface area contributed by atoms with Crippen LogP contribution < -0.4 is 10.2 Å². The van der Waals surface area contributed by atoms with Crippen LogP contribution in [0.3, 0.4) is 0 Å². The first-order valence-electron chi connectivity index (χ1n) is 6.84. The number of nitrogens with zero attached hydrogens (tertiary/aromatic N) is 2. The molecule has 0 aliphatic heterocycles. The van der Waals surface area contributed by atoms with Crippen LogP contribution in [-0.2, 0) is 4.79 Å². The average Bonchev–Trinajstić information content (AvgIpc) is 2.59. The van der Waals surface area contributed by atoms with E-state index in [2.05, 4.69) is 26.5 Å². The number of amides is 1. The number of phenols is 1. The van der Waals surface area contributed by atoms with Gasteiger partial charge in [0.25, 0.3) is 11.6 Å². The maximum absolute atomic E-state index is 11.7. The first-order valence-corrected chi connectivity index (χ1v) is 8.39. The summed E-state index contributed by atoms with van der Waals surface area (Å²) in [6.45, 7) is -0.387. The van der Waals surface area contributed by atoms with E-state index in [-0.39, 0.29) is 38.9 Å². The van der Waals surface area contributed by atoms with E-state index in [0.29, 0.717) is 5.02 Å². The van der Waals surface area contributed by atoms with Crippen molar-refractivity contribution < 1.29 is 19.6 Å². The van der Waals surface area contributed by atoms with Crippen LogP contribution in [-0.4, -0.2) is 28.8 Å². The lowest BCUT2D eigenvalue weighted by atomic mass is 10.2. The molecule has 0 bridgehead atoms. The number of nitrogens with one attached hydrogen (secondary N) is 1. The highest BCUT2D eigenvalue weighted by Gasteiger charge is 2.13. The van der Waals surface area contributed by atoms with Gasteiger partial charge >= 0.3 is 0 Å². The number of hydrazone groups is 1. The third-order valence-corrected chi connectivity index (χ3v) is 4.09. The monoisotopic (exact) mass is 461 g/mol. The lowest BCUT2D eigenvalue weighted by molar-refractivity contribution is -0.385. The highest BCUT2D eigenvalue weighted by Crippen LogP contribution is 2.31. The Bertz CT molecular complexity index is 892. The number of nitro groups is 1. The Hall–Kier alpha value is -2.36. The molecule has 0 aromatic heterocycles. The Morgan fingerprint density at radius 3 is 2.81 bits per heavy atom. The molecule has 0 saturated heterocycles. The van der Waals surface area contributed by atoms with Gasteiger partial charge in [-0.15, -0.1) is 0 Å². The minimum absolute atomic E-state index is 0.0465. The van der Waals surface area contributed by atoms with Crippen LogP contribution in [0.25, 0.3) is 0 Å². The number of hydrogen-bond acceptors (Lipinski definition) is 6. The molecule has 0 fully saturated rings. The summed E-state index contributed by atoms with van der Waals surface area (Å²) in [7, 11) is 0. The Balaban J connectivity index is 1.99. The smallest absolute Gasteiger partial charge is 0.277 e. The van der Waals surface area contributed by atoms with E-state index in [0.717, 1.165) is 18.3 Å². The Morgan fingerprint density at radius 1 is 1.38 bits per heavy atom. The van der Waals surface area contributed by atoms with Crippen LogP contribution in [0.5, 0.6) is 11.5 Å². The summed E-state index contributed by atoms with van der Waals surface area (Å²) in [5.74, 6) is -0.629. The molecule has 0 aliphatic rings.